The molecule has 0 fully saturated rings. The van der Waals surface area contributed by atoms with E-state index >= 15 is 0 Å². The van der Waals surface area contributed by atoms with E-state index in [1.807, 2.05) is 55.5 Å². The number of fused-ring (bicyclic) bond motifs is 1. The zero-order valence-corrected chi connectivity index (χ0v) is 20.3. The van der Waals surface area contributed by atoms with Crippen LogP contribution in [0.25, 0.3) is 6.08 Å². The van der Waals surface area contributed by atoms with Crippen molar-refractivity contribution < 1.29 is 19.0 Å². The van der Waals surface area contributed by atoms with E-state index in [2.05, 4.69) is 4.99 Å². The first-order valence-electron chi connectivity index (χ1n) is 11.0. The van der Waals surface area contributed by atoms with Crippen LogP contribution in [0.3, 0.4) is 0 Å². The standard InChI is InChI=1S/C26H26N2O5S/c1-5-32-20-14-17(12-13-19(20)31-4)15-21-24(29)28-23(18-10-8-7-9-11-18)22(25(30)33-6-2)16(3)27-26(28)34-21/h7-15,23H,5-6H2,1-4H3/b21-15-/t23-/m0/s1. The van der Waals surface area contributed by atoms with Gasteiger partial charge in [0.2, 0.25) is 0 Å². The van der Waals surface area contributed by atoms with Crippen molar-refractivity contribution in [2.75, 3.05) is 20.3 Å². The van der Waals surface area contributed by atoms with Gasteiger partial charge in [-0.25, -0.2) is 9.79 Å². The van der Waals surface area contributed by atoms with Gasteiger partial charge in [-0.2, -0.15) is 0 Å². The van der Waals surface area contributed by atoms with Crippen molar-refractivity contribution in [1.29, 1.82) is 0 Å². The topological polar surface area (TPSA) is 79.1 Å². The van der Waals surface area contributed by atoms with Crippen molar-refractivity contribution in [1.82, 2.24) is 4.57 Å². The highest BCUT2D eigenvalue weighted by atomic mass is 32.1. The molecule has 0 saturated heterocycles. The number of benzene rings is 2. The molecule has 2 aromatic carbocycles. The summed E-state index contributed by atoms with van der Waals surface area (Å²) in [6.45, 7) is 6.16. The van der Waals surface area contributed by atoms with E-state index in [9.17, 15) is 9.59 Å². The summed E-state index contributed by atoms with van der Waals surface area (Å²) >= 11 is 1.29. The Kier molecular flexibility index (Phi) is 6.98. The summed E-state index contributed by atoms with van der Waals surface area (Å²) in [6, 6.07) is 14.4. The molecule has 0 bridgehead atoms. The molecule has 0 unspecified atom stereocenters. The number of ether oxygens (including phenoxy) is 3. The van der Waals surface area contributed by atoms with Gasteiger partial charge in [0.05, 0.1) is 42.2 Å². The number of rotatable bonds is 7. The molecule has 4 rings (SSSR count). The molecule has 7 nitrogen and oxygen atoms in total. The molecule has 34 heavy (non-hydrogen) atoms. The number of esters is 1. The fraction of sp³-hybridized carbons (Fsp3) is 0.269. The molecule has 1 atom stereocenters. The predicted octanol–water partition coefficient (Wildman–Crippen LogP) is 3.21. The van der Waals surface area contributed by atoms with Crippen LogP contribution in [0.1, 0.15) is 37.9 Å². The van der Waals surface area contributed by atoms with E-state index in [-0.39, 0.29) is 12.2 Å². The first-order chi connectivity index (χ1) is 16.5. The fourth-order valence-electron chi connectivity index (χ4n) is 3.94. The molecule has 1 aliphatic heterocycles. The number of nitrogens with zero attached hydrogens (tertiary/aromatic N) is 2. The highest BCUT2D eigenvalue weighted by Crippen LogP contribution is 2.31. The minimum absolute atomic E-state index is 0.222. The molecule has 176 valence electrons. The summed E-state index contributed by atoms with van der Waals surface area (Å²) in [4.78, 5) is 31.6. The first-order valence-corrected chi connectivity index (χ1v) is 11.9. The average molecular weight is 479 g/mol. The van der Waals surface area contributed by atoms with E-state index in [0.717, 1.165) is 11.1 Å². The number of hydrogen-bond acceptors (Lipinski definition) is 7. The van der Waals surface area contributed by atoms with Gasteiger partial charge in [0.25, 0.3) is 5.56 Å². The number of thiazole rings is 1. The van der Waals surface area contributed by atoms with Crippen LogP contribution < -0.4 is 24.4 Å². The Labute approximate surface area is 201 Å². The van der Waals surface area contributed by atoms with Gasteiger partial charge in [-0.05, 0) is 50.1 Å². The molecule has 2 heterocycles. The maximum atomic E-state index is 13.6. The van der Waals surface area contributed by atoms with Crippen LogP contribution in [0, 0.1) is 0 Å². The molecule has 0 spiro atoms. The molecule has 0 aliphatic carbocycles. The van der Waals surface area contributed by atoms with Crippen molar-refractivity contribution in [3.8, 4) is 11.5 Å². The van der Waals surface area contributed by atoms with E-state index in [1.165, 1.54) is 11.3 Å². The molecule has 0 amide bonds. The lowest BCUT2D eigenvalue weighted by Gasteiger charge is -2.24. The summed E-state index contributed by atoms with van der Waals surface area (Å²) < 4.78 is 18.4. The van der Waals surface area contributed by atoms with Gasteiger partial charge in [-0.3, -0.25) is 9.36 Å². The second-order valence-electron chi connectivity index (χ2n) is 7.56. The van der Waals surface area contributed by atoms with Crippen LogP contribution >= 0.6 is 11.3 Å². The van der Waals surface area contributed by atoms with Gasteiger partial charge in [0.1, 0.15) is 0 Å². The molecule has 1 aromatic heterocycles. The van der Waals surface area contributed by atoms with E-state index in [4.69, 9.17) is 14.2 Å². The Balaban J connectivity index is 1.90. The van der Waals surface area contributed by atoms with Gasteiger partial charge in [-0.15, -0.1) is 0 Å². The van der Waals surface area contributed by atoms with Gasteiger partial charge < -0.3 is 14.2 Å². The van der Waals surface area contributed by atoms with Crippen LogP contribution in [-0.4, -0.2) is 30.9 Å². The Bertz CT molecular complexity index is 1420. The van der Waals surface area contributed by atoms with Crippen LogP contribution in [0.15, 0.2) is 69.6 Å². The molecule has 3 aromatic rings. The van der Waals surface area contributed by atoms with Crippen molar-refractivity contribution in [2.45, 2.75) is 26.8 Å². The van der Waals surface area contributed by atoms with Gasteiger partial charge in [0.15, 0.2) is 16.3 Å². The molecular formula is C26H26N2O5S. The lowest BCUT2D eigenvalue weighted by Crippen LogP contribution is -2.39. The Morgan fingerprint density at radius 1 is 1.12 bits per heavy atom. The van der Waals surface area contributed by atoms with Crippen molar-refractivity contribution in [3.05, 3.63) is 90.6 Å². The molecule has 0 N–H and O–H groups in total. The summed E-state index contributed by atoms with van der Waals surface area (Å²) in [5.74, 6) is 0.761. The molecule has 0 radical (unpaired) electrons. The molecule has 8 heteroatoms. The lowest BCUT2D eigenvalue weighted by atomic mass is 9.96. The quantitative estimate of drug-likeness (QED) is 0.488. The van der Waals surface area contributed by atoms with E-state index in [1.54, 1.807) is 31.6 Å². The van der Waals surface area contributed by atoms with Gasteiger partial charge in [0, 0.05) is 0 Å². The molecule has 0 saturated carbocycles. The summed E-state index contributed by atoms with van der Waals surface area (Å²) in [5, 5.41) is 0. The van der Waals surface area contributed by atoms with Crippen LogP contribution in [0.5, 0.6) is 11.5 Å². The Morgan fingerprint density at radius 3 is 2.56 bits per heavy atom. The van der Waals surface area contributed by atoms with Crippen LogP contribution in [0.4, 0.5) is 0 Å². The number of carbonyl (C=O) groups is 1. The number of allylic oxidation sites excluding steroid dienone is 1. The fourth-order valence-corrected chi connectivity index (χ4v) is 4.99. The normalized spacial score (nSPS) is 15.5. The van der Waals surface area contributed by atoms with E-state index in [0.29, 0.717) is 38.7 Å². The smallest absolute Gasteiger partial charge is 0.338 e. The average Bonchev–Trinajstić information content (AvgIpc) is 3.13. The van der Waals surface area contributed by atoms with Crippen molar-refractivity contribution in [3.63, 3.8) is 0 Å². The Hall–Kier alpha value is -3.65. The number of hydrogen-bond donors (Lipinski definition) is 0. The van der Waals surface area contributed by atoms with Crippen molar-refractivity contribution in [2.24, 2.45) is 4.99 Å². The third-order valence-electron chi connectivity index (χ3n) is 5.42. The third-order valence-corrected chi connectivity index (χ3v) is 6.40. The minimum atomic E-state index is -0.617. The van der Waals surface area contributed by atoms with Crippen LogP contribution in [-0.2, 0) is 9.53 Å². The summed E-state index contributed by atoms with van der Waals surface area (Å²) in [6.07, 6.45) is 1.80. The largest absolute Gasteiger partial charge is 0.493 e. The van der Waals surface area contributed by atoms with Crippen molar-refractivity contribution >= 4 is 23.4 Å². The van der Waals surface area contributed by atoms with Gasteiger partial charge >= 0.3 is 5.97 Å². The zero-order valence-electron chi connectivity index (χ0n) is 19.5. The number of aromatic nitrogens is 1. The summed E-state index contributed by atoms with van der Waals surface area (Å²) in [5.41, 5.74) is 2.31. The second-order valence-corrected chi connectivity index (χ2v) is 8.57. The third kappa shape index (κ3) is 4.41. The maximum absolute atomic E-state index is 13.6. The zero-order chi connectivity index (χ0) is 24.2. The second kappa shape index (κ2) is 10.1. The molecular weight excluding hydrogens is 452 g/mol. The lowest BCUT2D eigenvalue weighted by molar-refractivity contribution is -0.139. The highest BCUT2D eigenvalue weighted by molar-refractivity contribution is 7.07. The van der Waals surface area contributed by atoms with Gasteiger partial charge in [-0.1, -0.05) is 47.7 Å². The Morgan fingerprint density at radius 2 is 1.88 bits per heavy atom. The predicted molar refractivity (Wildman–Crippen MR) is 131 cm³/mol. The maximum Gasteiger partial charge on any atom is 0.338 e. The molecule has 1 aliphatic rings. The SMILES string of the molecule is CCOC(=O)C1=C(C)N=c2s/c(=C\c3ccc(OC)c(OCC)c3)c(=O)n2[C@H]1c1ccccc1. The summed E-state index contributed by atoms with van der Waals surface area (Å²) in [7, 11) is 1.59. The highest BCUT2D eigenvalue weighted by Gasteiger charge is 2.33. The first kappa shape index (κ1) is 23.5. The number of carbonyl (C=O) groups excluding carboxylic acids is 1. The minimum Gasteiger partial charge on any atom is -0.493 e. The number of methoxy groups -OCH3 is 1. The van der Waals surface area contributed by atoms with Crippen LogP contribution in [0.2, 0.25) is 0 Å². The monoisotopic (exact) mass is 478 g/mol. The van der Waals surface area contributed by atoms with E-state index < -0.39 is 12.0 Å².